The third kappa shape index (κ3) is 4.59. The van der Waals surface area contributed by atoms with Gasteiger partial charge in [-0.05, 0) is 49.7 Å². The molecular weight excluding hydrogens is 398 g/mol. The lowest BCUT2D eigenvalue weighted by Crippen LogP contribution is -3.09. The van der Waals surface area contributed by atoms with Crippen LogP contribution in [0.15, 0.2) is 42.5 Å². The summed E-state index contributed by atoms with van der Waals surface area (Å²) in [7, 11) is 5.10. The van der Waals surface area contributed by atoms with Crippen molar-refractivity contribution in [2.24, 2.45) is 0 Å². The molecule has 3 amide bonds. The molecule has 1 aliphatic heterocycles. The lowest BCUT2D eigenvalue weighted by molar-refractivity contribution is -0.901. The number of carbonyl (C=O) groups excluding carboxylic acids is 2. The van der Waals surface area contributed by atoms with Crippen LogP contribution in [0.4, 0.5) is 4.79 Å². The highest BCUT2D eigenvalue weighted by molar-refractivity contribution is 6.07. The first-order chi connectivity index (χ1) is 14.8. The highest BCUT2D eigenvalue weighted by Gasteiger charge is 2.50. The summed E-state index contributed by atoms with van der Waals surface area (Å²) in [5.41, 5.74) is 0.566. The molecule has 0 saturated carbocycles. The Bertz CT molecular complexity index is 964. The van der Waals surface area contributed by atoms with E-state index in [0.29, 0.717) is 36.0 Å². The fraction of sp³-hybridized carbons (Fsp3) is 0.391. The van der Waals surface area contributed by atoms with Crippen LogP contribution in [-0.2, 0) is 16.9 Å². The second-order valence-electron chi connectivity index (χ2n) is 7.73. The monoisotopic (exact) mass is 428 g/mol. The van der Waals surface area contributed by atoms with Crippen LogP contribution < -0.4 is 24.4 Å². The van der Waals surface area contributed by atoms with E-state index in [1.54, 1.807) is 39.3 Å². The van der Waals surface area contributed by atoms with E-state index < -0.39 is 11.6 Å². The molecule has 1 heterocycles. The van der Waals surface area contributed by atoms with Gasteiger partial charge in [0.2, 0.25) is 0 Å². The number of nitrogens with one attached hydrogen (secondary N) is 2. The molecule has 0 aliphatic carbocycles. The topological polar surface area (TPSA) is 81.5 Å². The van der Waals surface area contributed by atoms with E-state index in [4.69, 9.17) is 14.2 Å². The summed E-state index contributed by atoms with van der Waals surface area (Å²) in [5.74, 6) is 1.70. The van der Waals surface area contributed by atoms with Gasteiger partial charge < -0.3 is 24.4 Å². The number of rotatable bonds is 9. The fourth-order valence-corrected chi connectivity index (χ4v) is 3.74. The Labute approximate surface area is 182 Å². The van der Waals surface area contributed by atoms with Crippen molar-refractivity contribution in [3.8, 4) is 17.2 Å². The lowest BCUT2D eigenvalue weighted by atomic mass is 9.92. The van der Waals surface area contributed by atoms with Crippen molar-refractivity contribution in [2.45, 2.75) is 25.9 Å². The van der Waals surface area contributed by atoms with E-state index in [2.05, 4.69) is 5.32 Å². The van der Waals surface area contributed by atoms with Crippen LogP contribution in [0, 0.1) is 0 Å². The number of carbonyl (C=O) groups is 2. The zero-order valence-electron chi connectivity index (χ0n) is 18.7. The van der Waals surface area contributed by atoms with Crippen molar-refractivity contribution in [1.29, 1.82) is 0 Å². The first kappa shape index (κ1) is 22.4. The number of benzene rings is 2. The Balaban J connectivity index is 1.72. The molecule has 0 spiro atoms. The Morgan fingerprint density at radius 1 is 1.06 bits per heavy atom. The van der Waals surface area contributed by atoms with E-state index >= 15 is 0 Å². The second kappa shape index (κ2) is 9.26. The maximum absolute atomic E-state index is 13.2. The van der Waals surface area contributed by atoms with Gasteiger partial charge in [-0.3, -0.25) is 4.79 Å². The Kier molecular flexibility index (Phi) is 6.70. The van der Waals surface area contributed by atoms with Crippen molar-refractivity contribution >= 4 is 11.9 Å². The van der Waals surface area contributed by atoms with Crippen LogP contribution in [0.1, 0.15) is 25.0 Å². The zero-order valence-corrected chi connectivity index (χ0v) is 18.7. The molecule has 1 fully saturated rings. The first-order valence-electron chi connectivity index (χ1n) is 10.2. The smallest absolute Gasteiger partial charge is 0.329 e. The van der Waals surface area contributed by atoms with Crippen molar-refractivity contribution in [3.05, 3.63) is 53.6 Å². The van der Waals surface area contributed by atoms with Crippen LogP contribution in [0.5, 0.6) is 17.2 Å². The minimum absolute atomic E-state index is 0.236. The van der Waals surface area contributed by atoms with E-state index in [-0.39, 0.29) is 12.6 Å². The normalized spacial score (nSPS) is 19.2. The van der Waals surface area contributed by atoms with Crippen LogP contribution in [-0.4, -0.2) is 51.4 Å². The standard InChI is InChI=1S/C23H29N3O5/c1-6-31-19-11-10-16(12-20(19)30-5)14-25(3)15-26-21(27)23(2,24-22(26)28)17-8-7-9-18(13-17)29-4/h7-13H,6,14-15H2,1-5H3,(H,24,28)/p+1/t23-/m0/s1. The summed E-state index contributed by atoms with van der Waals surface area (Å²) >= 11 is 0. The number of amides is 3. The molecular formula is C23H30N3O5+. The first-order valence-corrected chi connectivity index (χ1v) is 10.2. The number of quaternary nitrogens is 1. The Hall–Kier alpha value is -3.26. The van der Waals surface area contributed by atoms with Gasteiger partial charge in [-0.25, -0.2) is 9.69 Å². The van der Waals surface area contributed by atoms with Crippen molar-refractivity contribution in [3.63, 3.8) is 0 Å². The molecule has 0 aromatic heterocycles. The molecule has 1 saturated heterocycles. The number of imide groups is 1. The summed E-state index contributed by atoms with van der Waals surface area (Å²) in [6.07, 6.45) is 0. The summed E-state index contributed by atoms with van der Waals surface area (Å²) in [6.45, 7) is 5.03. The van der Waals surface area contributed by atoms with Crippen molar-refractivity contribution in [1.82, 2.24) is 10.2 Å². The molecule has 31 heavy (non-hydrogen) atoms. The molecule has 8 nitrogen and oxygen atoms in total. The van der Waals surface area contributed by atoms with E-state index in [0.717, 1.165) is 10.5 Å². The van der Waals surface area contributed by atoms with Gasteiger partial charge in [0.25, 0.3) is 5.91 Å². The highest BCUT2D eigenvalue weighted by atomic mass is 16.5. The van der Waals surface area contributed by atoms with Crippen LogP contribution in [0.25, 0.3) is 0 Å². The number of ether oxygens (including phenoxy) is 3. The number of methoxy groups -OCH3 is 2. The largest absolute Gasteiger partial charge is 0.497 e. The van der Waals surface area contributed by atoms with E-state index in [9.17, 15) is 9.59 Å². The van der Waals surface area contributed by atoms with Crippen molar-refractivity contribution in [2.75, 3.05) is 34.5 Å². The predicted molar refractivity (Wildman–Crippen MR) is 115 cm³/mol. The molecule has 2 aromatic rings. The lowest BCUT2D eigenvalue weighted by Gasteiger charge is -2.24. The number of hydrogen-bond acceptors (Lipinski definition) is 5. The highest BCUT2D eigenvalue weighted by Crippen LogP contribution is 2.30. The summed E-state index contributed by atoms with van der Waals surface area (Å²) in [4.78, 5) is 28.1. The van der Waals surface area contributed by atoms with Gasteiger partial charge in [-0.2, -0.15) is 0 Å². The average Bonchev–Trinajstić information content (AvgIpc) is 2.98. The molecule has 0 bridgehead atoms. The molecule has 2 aromatic carbocycles. The predicted octanol–water partition coefficient (Wildman–Crippen LogP) is 1.54. The average molecular weight is 429 g/mol. The molecule has 166 valence electrons. The molecule has 1 unspecified atom stereocenters. The van der Waals surface area contributed by atoms with Crippen LogP contribution >= 0.6 is 0 Å². The van der Waals surface area contributed by atoms with Gasteiger partial charge in [0.05, 0.1) is 27.9 Å². The van der Waals surface area contributed by atoms with Gasteiger partial charge in [0.15, 0.2) is 18.2 Å². The van der Waals surface area contributed by atoms with E-state index in [1.165, 1.54) is 4.90 Å². The molecule has 0 radical (unpaired) electrons. The summed E-state index contributed by atoms with van der Waals surface area (Å²) in [6, 6.07) is 12.5. The minimum atomic E-state index is -1.13. The number of urea groups is 1. The second-order valence-corrected chi connectivity index (χ2v) is 7.73. The van der Waals surface area contributed by atoms with Gasteiger partial charge in [-0.15, -0.1) is 0 Å². The number of hydrogen-bond donors (Lipinski definition) is 2. The molecule has 2 atom stereocenters. The van der Waals surface area contributed by atoms with Crippen molar-refractivity contribution < 1.29 is 28.7 Å². The maximum atomic E-state index is 13.2. The Morgan fingerprint density at radius 2 is 1.84 bits per heavy atom. The third-order valence-corrected chi connectivity index (χ3v) is 5.38. The van der Waals surface area contributed by atoms with Crippen LogP contribution in [0.2, 0.25) is 0 Å². The number of nitrogens with zero attached hydrogens (tertiary/aromatic N) is 1. The Morgan fingerprint density at radius 3 is 2.52 bits per heavy atom. The quantitative estimate of drug-likeness (QED) is 0.593. The SMILES string of the molecule is CCOc1ccc(C[NH+](C)CN2C(=O)N[C@@](C)(c3cccc(OC)c3)C2=O)cc1OC. The summed E-state index contributed by atoms with van der Waals surface area (Å²) in [5, 5.41) is 2.84. The van der Waals surface area contributed by atoms with Crippen LogP contribution in [0.3, 0.4) is 0 Å². The maximum Gasteiger partial charge on any atom is 0.329 e. The van der Waals surface area contributed by atoms with Gasteiger partial charge >= 0.3 is 6.03 Å². The zero-order chi connectivity index (χ0) is 22.6. The molecule has 3 rings (SSSR count). The van der Waals surface area contributed by atoms with Gasteiger partial charge in [-0.1, -0.05) is 12.1 Å². The fourth-order valence-electron chi connectivity index (χ4n) is 3.74. The molecule has 2 N–H and O–H groups in total. The molecule has 8 heteroatoms. The minimum Gasteiger partial charge on any atom is -0.497 e. The molecule has 1 aliphatic rings. The van der Waals surface area contributed by atoms with Gasteiger partial charge in [0, 0.05) is 5.56 Å². The van der Waals surface area contributed by atoms with E-state index in [1.807, 2.05) is 38.2 Å². The third-order valence-electron chi connectivity index (χ3n) is 5.38. The summed E-state index contributed by atoms with van der Waals surface area (Å²) < 4.78 is 16.2. The van der Waals surface area contributed by atoms with Gasteiger partial charge in [0.1, 0.15) is 17.8 Å².